The number of nitrogens with zero attached hydrogens (tertiary/aromatic N) is 6. The third kappa shape index (κ3) is 6.29. The molecule has 236 valence electrons. The normalized spacial score (nSPS) is 13.3. The van der Waals surface area contributed by atoms with Crippen LogP contribution in [0.5, 0.6) is 5.75 Å². The maximum absolute atomic E-state index is 15.8. The monoisotopic (exact) mass is 645 g/mol. The van der Waals surface area contributed by atoms with Crippen molar-refractivity contribution in [3.05, 3.63) is 50.8 Å². The fourth-order valence-electron chi connectivity index (χ4n) is 4.69. The van der Waals surface area contributed by atoms with Gasteiger partial charge in [0.05, 0.1) is 58.5 Å². The molecule has 1 aliphatic rings. The molecule has 5 rings (SSSR count). The summed E-state index contributed by atoms with van der Waals surface area (Å²) in [5.41, 5.74) is -2.51. The van der Waals surface area contributed by atoms with Gasteiger partial charge in [-0.15, -0.1) is 0 Å². The Kier molecular flexibility index (Phi) is 8.47. The lowest BCUT2D eigenvalue weighted by atomic mass is 9.98. The Balaban J connectivity index is 1.83. The number of pyridine rings is 1. The van der Waals surface area contributed by atoms with Gasteiger partial charge in [0.2, 0.25) is 0 Å². The molecule has 3 heterocycles. The van der Waals surface area contributed by atoms with Crippen molar-refractivity contribution >= 4 is 34.3 Å². The number of aliphatic hydroxyl groups is 1. The first-order chi connectivity index (χ1) is 21.2. The molecule has 1 saturated carbocycles. The standard InChI is InChI=1S/C29H27ClF3N7O5/c1-29(2,3)45-28(43)40(11-21(31)32)26-23-14(19(12-41)37-38-27(23)42)7-18(36-26)16-10-35-39(4)25(16)22-15(9-34)20(44-13-5-6-13)8-17(30)24(22)33/h7-8,10,13,21,41H,5-6,11-12H2,1-4H3,(H,38,42). The first-order valence-corrected chi connectivity index (χ1v) is 14.0. The first-order valence-electron chi connectivity index (χ1n) is 13.7. The van der Waals surface area contributed by atoms with Gasteiger partial charge in [0.15, 0.2) is 11.6 Å². The van der Waals surface area contributed by atoms with Crippen molar-refractivity contribution in [1.29, 1.82) is 5.26 Å². The number of aromatic nitrogens is 5. The van der Waals surface area contributed by atoms with Crippen LogP contribution in [0.3, 0.4) is 0 Å². The van der Waals surface area contributed by atoms with E-state index in [-0.39, 0.29) is 61.4 Å². The predicted molar refractivity (Wildman–Crippen MR) is 157 cm³/mol. The topological polar surface area (TPSA) is 159 Å². The number of H-pyrrole nitrogens is 1. The van der Waals surface area contributed by atoms with Crippen molar-refractivity contribution in [2.45, 2.75) is 58.4 Å². The van der Waals surface area contributed by atoms with E-state index < -0.39 is 48.5 Å². The Morgan fingerprint density at radius 3 is 2.64 bits per heavy atom. The minimum atomic E-state index is -3.08. The van der Waals surface area contributed by atoms with E-state index in [4.69, 9.17) is 21.1 Å². The van der Waals surface area contributed by atoms with Gasteiger partial charge >= 0.3 is 6.09 Å². The van der Waals surface area contributed by atoms with Crippen LogP contribution >= 0.6 is 11.6 Å². The minimum Gasteiger partial charge on any atom is -0.489 e. The molecule has 0 bridgehead atoms. The lowest BCUT2D eigenvalue weighted by Gasteiger charge is -2.27. The summed E-state index contributed by atoms with van der Waals surface area (Å²) in [6.45, 7) is 2.69. The molecule has 16 heteroatoms. The lowest BCUT2D eigenvalue weighted by molar-refractivity contribution is 0.0542. The fourth-order valence-corrected chi connectivity index (χ4v) is 4.88. The van der Waals surface area contributed by atoms with Gasteiger partial charge in [0.1, 0.15) is 23.0 Å². The van der Waals surface area contributed by atoms with E-state index in [9.17, 15) is 28.7 Å². The summed E-state index contributed by atoms with van der Waals surface area (Å²) >= 11 is 6.24. The molecule has 0 saturated heterocycles. The third-order valence-corrected chi connectivity index (χ3v) is 7.01. The van der Waals surface area contributed by atoms with Gasteiger partial charge in [0, 0.05) is 24.1 Å². The number of aliphatic hydroxyl groups excluding tert-OH is 1. The summed E-state index contributed by atoms with van der Waals surface area (Å²) in [6, 6.07) is 4.51. The SMILES string of the molecule is Cn1ncc(-c2cc3c(CO)n[nH]c(=O)c3c(N(CC(F)F)C(=O)OC(C)(C)C)n2)c1-c1c(F)c(Cl)cc(OC2CC2)c1C#N. The van der Waals surface area contributed by atoms with Crippen LogP contribution in [0.25, 0.3) is 33.3 Å². The number of ether oxygens (including phenoxy) is 2. The van der Waals surface area contributed by atoms with Crippen LogP contribution in [0.1, 0.15) is 44.9 Å². The predicted octanol–water partition coefficient (Wildman–Crippen LogP) is 5.09. The third-order valence-electron chi connectivity index (χ3n) is 6.74. The van der Waals surface area contributed by atoms with Gasteiger partial charge in [-0.3, -0.25) is 14.4 Å². The van der Waals surface area contributed by atoms with E-state index in [2.05, 4.69) is 20.3 Å². The summed E-state index contributed by atoms with van der Waals surface area (Å²) in [6.07, 6.45) is -1.67. The Morgan fingerprint density at radius 1 is 1.33 bits per heavy atom. The van der Waals surface area contributed by atoms with Gasteiger partial charge in [-0.1, -0.05) is 11.6 Å². The van der Waals surface area contributed by atoms with Gasteiger partial charge in [0.25, 0.3) is 12.0 Å². The molecule has 4 aromatic rings. The highest BCUT2D eigenvalue weighted by Crippen LogP contribution is 2.43. The number of benzene rings is 1. The Bertz CT molecular complexity index is 1910. The fraction of sp³-hybridized carbons (Fsp3) is 0.379. The molecule has 45 heavy (non-hydrogen) atoms. The molecule has 0 unspecified atom stereocenters. The number of hydrogen-bond donors (Lipinski definition) is 2. The number of carbonyl (C=O) groups is 1. The van der Waals surface area contributed by atoms with Crippen molar-refractivity contribution in [3.63, 3.8) is 0 Å². The number of anilines is 1. The number of carbonyl (C=O) groups excluding carboxylic acids is 1. The number of halogens is 4. The average molecular weight is 646 g/mol. The van der Waals surface area contributed by atoms with Gasteiger partial charge in [-0.2, -0.15) is 15.5 Å². The summed E-state index contributed by atoms with van der Waals surface area (Å²) < 4.78 is 56.1. The largest absolute Gasteiger partial charge is 0.489 e. The van der Waals surface area contributed by atoms with Crippen molar-refractivity contribution in [2.75, 3.05) is 11.4 Å². The molecule has 1 amide bonds. The van der Waals surface area contributed by atoms with E-state index in [1.54, 1.807) is 0 Å². The molecule has 0 radical (unpaired) electrons. The highest BCUT2D eigenvalue weighted by atomic mass is 35.5. The molecule has 3 aromatic heterocycles. The maximum atomic E-state index is 15.8. The van der Waals surface area contributed by atoms with E-state index in [0.29, 0.717) is 4.90 Å². The average Bonchev–Trinajstić information content (AvgIpc) is 3.70. The second kappa shape index (κ2) is 12.0. The molecular weight excluding hydrogens is 619 g/mol. The summed E-state index contributed by atoms with van der Waals surface area (Å²) in [4.78, 5) is 31.3. The molecule has 1 fully saturated rings. The summed E-state index contributed by atoms with van der Waals surface area (Å²) in [5, 5.41) is 29.7. The highest BCUT2D eigenvalue weighted by Gasteiger charge is 2.33. The quantitative estimate of drug-likeness (QED) is 0.266. The molecule has 0 aliphatic heterocycles. The van der Waals surface area contributed by atoms with Gasteiger partial charge < -0.3 is 14.6 Å². The minimum absolute atomic E-state index is 0.00558. The van der Waals surface area contributed by atoms with E-state index in [0.717, 1.165) is 12.8 Å². The molecule has 2 N–H and O–H groups in total. The Labute approximate surface area is 258 Å². The zero-order chi connectivity index (χ0) is 32.8. The maximum Gasteiger partial charge on any atom is 0.416 e. The van der Waals surface area contributed by atoms with Crippen LogP contribution in [0.15, 0.2) is 23.1 Å². The number of amides is 1. The van der Waals surface area contributed by atoms with Crippen molar-refractivity contribution in [2.24, 2.45) is 7.05 Å². The molecule has 0 spiro atoms. The number of nitrogens with one attached hydrogen (secondary N) is 1. The van der Waals surface area contributed by atoms with Crippen molar-refractivity contribution < 1.29 is 32.5 Å². The van der Waals surface area contributed by atoms with Crippen LogP contribution in [0, 0.1) is 17.1 Å². The van der Waals surface area contributed by atoms with Crippen LogP contribution in [-0.2, 0) is 18.4 Å². The number of rotatable bonds is 8. The van der Waals surface area contributed by atoms with Crippen LogP contribution in [0.4, 0.5) is 23.8 Å². The summed E-state index contributed by atoms with van der Waals surface area (Å²) in [5.74, 6) is -1.42. The van der Waals surface area contributed by atoms with Crippen LogP contribution < -0.4 is 15.2 Å². The van der Waals surface area contributed by atoms with Crippen LogP contribution in [-0.4, -0.2) is 60.8 Å². The van der Waals surface area contributed by atoms with E-state index >= 15 is 4.39 Å². The van der Waals surface area contributed by atoms with E-state index in [1.165, 1.54) is 50.8 Å². The second-order valence-electron chi connectivity index (χ2n) is 11.3. The number of aryl methyl sites for hydroxylation is 1. The van der Waals surface area contributed by atoms with E-state index in [1.807, 2.05) is 6.07 Å². The molecule has 12 nitrogen and oxygen atoms in total. The number of alkyl halides is 2. The Hall–Kier alpha value is -4.68. The first kappa shape index (κ1) is 31.7. The van der Waals surface area contributed by atoms with Crippen LogP contribution in [0.2, 0.25) is 5.02 Å². The number of hydrogen-bond acceptors (Lipinski definition) is 9. The molecule has 0 atom stereocenters. The molecular formula is C29H27ClF3N7O5. The number of nitriles is 1. The van der Waals surface area contributed by atoms with Gasteiger partial charge in [-0.25, -0.2) is 28.0 Å². The zero-order valence-corrected chi connectivity index (χ0v) is 25.2. The smallest absolute Gasteiger partial charge is 0.416 e. The molecule has 1 aromatic carbocycles. The number of fused-ring (bicyclic) bond motifs is 1. The lowest BCUT2D eigenvalue weighted by Crippen LogP contribution is -2.40. The number of aromatic amines is 1. The second-order valence-corrected chi connectivity index (χ2v) is 11.7. The molecule has 1 aliphatic carbocycles. The Morgan fingerprint density at radius 2 is 2.04 bits per heavy atom. The highest BCUT2D eigenvalue weighted by molar-refractivity contribution is 6.31. The van der Waals surface area contributed by atoms with Gasteiger partial charge in [-0.05, 0) is 39.7 Å². The summed E-state index contributed by atoms with van der Waals surface area (Å²) in [7, 11) is 1.47. The zero-order valence-electron chi connectivity index (χ0n) is 24.5. The van der Waals surface area contributed by atoms with Crippen molar-refractivity contribution in [3.8, 4) is 34.3 Å². The van der Waals surface area contributed by atoms with Crippen molar-refractivity contribution in [1.82, 2.24) is 25.0 Å².